The molecule has 0 aromatic heterocycles. The first-order valence-electron chi connectivity index (χ1n) is 12.8. The molecule has 2 aromatic rings. The van der Waals surface area contributed by atoms with Gasteiger partial charge in [-0.05, 0) is 122 Å². The van der Waals surface area contributed by atoms with E-state index in [9.17, 15) is 14.0 Å². The number of benzene rings is 2. The van der Waals surface area contributed by atoms with E-state index in [2.05, 4.69) is 12.1 Å². The van der Waals surface area contributed by atoms with Gasteiger partial charge in [0.2, 0.25) is 0 Å². The Labute approximate surface area is 220 Å². The lowest BCUT2D eigenvalue weighted by molar-refractivity contribution is -0.123. The summed E-state index contributed by atoms with van der Waals surface area (Å²) in [5.41, 5.74) is 2.94. The molecule has 0 radical (unpaired) electrons. The van der Waals surface area contributed by atoms with Crippen molar-refractivity contribution in [2.45, 2.75) is 57.4 Å². The number of hydrogen-bond donors (Lipinski definition) is 0. The molecule has 0 N–H and O–H groups in total. The predicted molar refractivity (Wildman–Crippen MR) is 140 cm³/mol. The van der Waals surface area contributed by atoms with Gasteiger partial charge in [0.05, 0.1) is 18.1 Å². The number of rotatable bonds is 6. The molecule has 4 saturated carbocycles. The summed E-state index contributed by atoms with van der Waals surface area (Å²) in [5.74, 6) is 2.40. The fourth-order valence-corrected chi connectivity index (χ4v) is 8.40. The normalized spacial score (nSPS) is 30.0. The lowest BCUT2D eigenvalue weighted by Crippen LogP contribution is -2.48. The number of imide groups is 1. The van der Waals surface area contributed by atoms with Gasteiger partial charge in [-0.3, -0.25) is 14.5 Å². The van der Waals surface area contributed by atoms with E-state index in [4.69, 9.17) is 16.3 Å². The largest absolute Gasteiger partial charge is 0.493 e. The lowest BCUT2D eigenvalue weighted by atomic mass is 9.48. The Morgan fingerprint density at radius 1 is 1.08 bits per heavy atom. The average Bonchev–Trinajstić information content (AvgIpc) is 3.08. The van der Waals surface area contributed by atoms with Gasteiger partial charge >= 0.3 is 0 Å². The number of amides is 2. The molecule has 4 bridgehead atoms. The molecule has 5 fully saturated rings. The quantitative estimate of drug-likeness (QED) is 0.365. The SMILES string of the molecule is CCOc1ccc(C23CC4CC(CC(C4)C2)C3)cc1/C=C1\SC(=O)N(Cc2ccc(F)cc2Cl)C1=O. The second-order valence-electron chi connectivity index (χ2n) is 10.9. The standard InChI is InChI=1S/C29H29ClFNO3S/c1-2-35-25-6-4-22(29-13-17-7-18(14-29)9-19(8-17)15-29)10-21(25)11-26-27(33)32(28(34)36-26)16-20-3-5-23(31)12-24(20)30/h3-6,10-12,17-19H,2,7-9,13-16H2,1H3/b26-11-. The summed E-state index contributed by atoms with van der Waals surface area (Å²) < 4.78 is 19.3. The maximum absolute atomic E-state index is 13.4. The van der Waals surface area contributed by atoms with Crippen molar-refractivity contribution in [3.8, 4) is 5.75 Å². The van der Waals surface area contributed by atoms with Crippen LogP contribution in [0.2, 0.25) is 5.02 Å². The van der Waals surface area contributed by atoms with Crippen LogP contribution in [0.5, 0.6) is 5.75 Å². The third-order valence-electron chi connectivity index (χ3n) is 8.46. The van der Waals surface area contributed by atoms with Gasteiger partial charge in [-0.15, -0.1) is 0 Å². The molecule has 4 nitrogen and oxygen atoms in total. The fraction of sp³-hybridized carbons (Fsp3) is 0.448. The van der Waals surface area contributed by atoms with Crippen molar-refractivity contribution < 1.29 is 18.7 Å². The van der Waals surface area contributed by atoms with Gasteiger partial charge in [0.15, 0.2) is 0 Å². The van der Waals surface area contributed by atoms with Gasteiger partial charge in [-0.1, -0.05) is 23.7 Å². The number of carbonyl (C=O) groups is 2. The summed E-state index contributed by atoms with van der Waals surface area (Å²) in [6.07, 6.45) is 9.70. The third-order valence-corrected chi connectivity index (χ3v) is 9.72. The molecule has 0 unspecified atom stereocenters. The molecule has 7 rings (SSSR count). The Bertz CT molecular complexity index is 1240. The van der Waals surface area contributed by atoms with Crippen LogP contribution in [0.1, 0.15) is 62.1 Å². The molecule has 36 heavy (non-hydrogen) atoms. The van der Waals surface area contributed by atoms with Crippen molar-refractivity contribution >= 4 is 40.6 Å². The lowest BCUT2D eigenvalue weighted by Gasteiger charge is -2.57. The number of carbonyl (C=O) groups excluding carboxylic acids is 2. The van der Waals surface area contributed by atoms with Crippen LogP contribution in [0.25, 0.3) is 6.08 Å². The number of halogens is 2. The Morgan fingerprint density at radius 3 is 2.42 bits per heavy atom. The highest BCUT2D eigenvalue weighted by Crippen LogP contribution is 2.61. The zero-order valence-corrected chi connectivity index (χ0v) is 21.8. The minimum Gasteiger partial charge on any atom is -0.493 e. The van der Waals surface area contributed by atoms with E-state index in [0.29, 0.717) is 17.1 Å². The molecule has 1 heterocycles. The zero-order valence-electron chi connectivity index (χ0n) is 20.3. The smallest absolute Gasteiger partial charge is 0.293 e. The number of nitrogens with zero attached hydrogens (tertiary/aromatic N) is 1. The Kier molecular flexibility index (Phi) is 6.16. The molecule has 1 aliphatic heterocycles. The number of thioether (sulfide) groups is 1. The third kappa shape index (κ3) is 4.26. The molecule has 0 atom stereocenters. The highest BCUT2D eigenvalue weighted by molar-refractivity contribution is 8.18. The summed E-state index contributed by atoms with van der Waals surface area (Å²) >= 11 is 7.07. The van der Waals surface area contributed by atoms with Crippen LogP contribution < -0.4 is 4.74 Å². The molecule has 4 aliphatic carbocycles. The number of hydrogen-bond acceptors (Lipinski definition) is 4. The first-order chi connectivity index (χ1) is 17.3. The van der Waals surface area contributed by atoms with E-state index in [-0.39, 0.29) is 28.1 Å². The second kappa shape index (κ2) is 9.21. The van der Waals surface area contributed by atoms with Gasteiger partial charge < -0.3 is 4.74 Å². The molecular formula is C29H29ClFNO3S. The van der Waals surface area contributed by atoms with Gasteiger partial charge in [-0.25, -0.2) is 4.39 Å². The van der Waals surface area contributed by atoms with Crippen molar-refractivity contribution in [3.63, 3.8) is 0 Å². The minimum absolute atomic E-state index is 0.00670. The fourth-order valence-electron chi connectivity index (χ4n) is 7.34. The van der Waals surface area contributed by atoms with Crippen LogP contribution in [0, 0.1) is 23.6 Å². The summed E-state index contributed by atoms with van der Waals surface area (Å²) in [6.45, 7) is 2.46. The summed E-state index contributed by atoms with van der Waals surface area (Å²) in [5, 5.41) is -0.165. The van der Waals surface area contributed by atoms with Crippen LogP contribution >= 0.6 is 23.4 Å². The predicted octanol–water partition coefficient (Wildman–Crippen LogP) is 7.58. The van der Waals surface area contributed by atoms with E-state index in [1.54, 1.807) is 6.08 Å². The Hall–Kier alpha value is -2.31. The van der Waals surface area contributed by atoms with E-state index in [0.717, 1.165) is 40.8 Å². The van der Waals surface area contributed by atoms with Gasteiger partial charge in [0.25, 0.3) is 11.1 Å². The molecular weight excluding hydrogens is 497 g/mol. The summed E-state index contributed by atoms with van der Waals surface area (Å²) in [4.78, 5) is 27.5. The van der Waals surface area contributed by atoms with Crippen LogP contribution in [0.3, 0.4) is 0 Å². The molecule has 2 amide bonds. The maximum atomic E-state index is 13.4. The van der Waals surface area contributed by atoms with E-state index in [1.165, 1.54) is 67.2 Å². The topological polar surface area (TPSA) is 46.6 Å². The van der Waals surface area contributed by atoms with Crippen molar-refractivity contribution in [1.29, 1.82) is 0 Å². The van der Waals surface area contributed by atoms with Crippen LogP contribution in [0.15, 0.2) is 41.3 Å². The molecule has 2 aromatic carbocycles. The van der Waals surface area contributed by atoms with E-state index >= 15 is 0 Å². The first-order valence-corrected chi connectivity index (χ1v) is 14.0. The summed E-state index contributed by atoms with van der Waals surface area (Å²) in [7, 11) is 0. The molecule has 1 saturated heterocycles. The van der Waals surface area contributed by atoms with Crippen molar-refractivity contribution in [1.82, 2.24) is 4.90 Å². The average molecular weight is 526 g/mol. The van der Waals surface area contributed by atoms with Crippen molar-refractivity contribution in [2.24, 2.45) is 17.8 Å². The monoisotopic (exact) mass is 525 g/mol. The van der Waals surface area contributed by atoms with Gasteiger partial charge in [0, 0.05) is 10.6 Å². The minimum atomic E-state index is -0.458. The Balaban J connectivity index is 1.31. The van der Waals surface area contributed by atoms with Crippen LogP contribution in [-0.2, 0) is 16.8 Å². The zero-order chi connectivity index (χ0) is 25.0. The first kappa shape index (κ1) is 24.1. The van der Waals surface area contributed by atoms with Crippen molar-refractivity contribution in [2.75, 3.05) is 6.61 Å². The van der Waals surface area contributed by atoms with E-state index < -0.39 is 5.82 Å². The van der Waals surface area contributed by atoms with Crippen molar-refractivity contribution in [3.05, 3.63) is 68.8 Å². The Morgan fingerprint density at radius 2 is 1.78 bits per heavy atom. The molecule has 7 heteroatoms. The second-order valence-corrected chi connectivity index (χ2v) is 12.3. The summed E-state index contributed by atoms with van der Waals surface area (Å²) in [6, 6.07) is 10.4. The molecule has 0 spiro atoms. The van der Waals surface area contributed by atoms with Crippen LogP contribution in [-0.4, -0.2) is 22.7 Å². The highest BCUT2D eigenvalue weighted by Gasteiger charge is 2.51. The van der Waals surface area contributed by atoms with Crippen LogP contribution in [0.4, 0.5) is 9.18 Å². The van der Waals surface area contributed by atoms with E-state index in [1.807, 2.05) is 13.0 Å². The van der Waals surface area contributed by atoms with Gasteiger partial charge in [-0.2, -0.15) is 0 Å². The maximum Gasteiger partial charge on any atom is 0.293 e. The van der Waals surface area contributed by atoms with Gasteiger partial charge in [0.1, 0.15) is 11.6 Å². The highest BCUT2D eigenvalue weighted by atomic mass is 35.5. The molecule has 5 aliphatic rings. The molecule has 188 valence electrons. The number of ether oxygens (including phenoxy) is 1.